The monoisotopic (exact) mass is 482 g/mol. The predicted molar refractivity (Wildman–Crippen MR) is 140 cm³/mol. The number of hydrogen-bond donors (Lipinski definition) is 2. The van der Waals surface area contributed by atoms with Crippen LogP contribution in [0.25, 0.3) is 5.69 Å². The van der Waals surface area contributed by atoms with Gasteiger partial charge in [-0.15, -0.1) is 0 Å². The number of pyridine rings is 2. The van der Waals surface area contributed by atoms with Gasteiger partial charge in [-0.2, -0.15) is 0 Å². The van der Waals surface area contributed by atoms with Crippen molar-refractivity contribution in [3.8, 4) is 5.69 Å². The van der Waals surface area contributed by atoms with Gasteiger partial charge < -0.3 is 20.1 Å². The molecule has 0 bridgehead atoms. The average Bonchev–Trinajstić information content (AvgIpc) is 3.49. The maximum absolute atomic E-state index is 12.8. The third kappa shape index (κ3) is 4.93. The molecule has 7 nitrogen and oxygen atoms in total. The molecule has 0 spiro atoms. The highest BCUT2D eigenvalue weighted by Crippen LogP contribution is 2.39. The van der Waals surface area contributed by atoms with Crippen LogP contribution < -0.4 is 10.6 Å². The topological polar surface area (TPSA) is 75.1 Å². The number of carbonyl (C=O) groups is 1. The first kappa shape index (κ1) is 22.7. The lowest BCUT2D eigenvalue weighted by atomic mass is 10.0. The van der Waals surface area contributed by atoms with Crippen LogP contribution >= 0.6 is 12.2 Å². The molecule has 5 rings (SSSR count). The highest BCUT2D eigenvalue weighted by atomic mass is 32.1. The molecule has 0 aliphatic carbocycles. The number of nitrogens with zero attached hydrogens (tertiary/aromatic N) is 4. The van der Waals surface area contributed by atoms with E-state index in [1.807, 2.05) is 73.8 Å². The molecule has 176 valence electrons. The molecule has 1 amide bonds. The molecule has 0 radical (unpaired) electrons. The van der Waals surface area contributed by atoms with Crippen molar-refractivity contribution in [1.29, 1.82) is 0 Å². The van der Waals surface area contributed by atoms with Gasteiger partial charge in [-0.3, -0.25) is 14.8 Å². The number of aromatic nitrogens is 3. The summed E-state index contributed by atoms with van der Waals surface area (Å²) in [6.07, 6.45) is 7.68. The fourth-order valence-electron chi connectivity index (χ4n) is 4.43. The minimum Gasteiger partial charge on any atom is -0.352 e. The van der Waals surface area contributed by atoms with Gasteiger partial charge in [-0.1, -0.05) is 23.8 Å². The van der Waals surface area contributed by atoms with Crippen LogP contribution in [0.5, 0.6) is 0 Å². The second-order valence-electron chi connectivity index (χ2n) is 8.49. The molecule has 2 unspecified atom stereocenters. The molecule has 3 aromatic heterocycles. The number of thiocarbonyl (C=S) groups is 1. The first-order chi connectivity index (χ1) is 17.1. The van der Waals surface area contributed by atoms with Crippen LogP contribution in [0, 0.1) is 6.92 Å². The minimum absolute atomic E-state index is 0.0544. The number of anilines is 1. The Bertz CT molecular complexity index is 1310. The van der Waals surface area contributed by atoms with Crippen molar-refractivity contribution >= 4 is 28.9 Å². The highest BCUT2D eigenvalue weighted by Gasteiger charge is 2.41. The van der Waals surface area contributed by atoms with Crippen molar-refractivity contribution in [2.75, 3.05) is 11.9 Å². The SMILES string of the molecule is Cc1ccc(NC(=O)CCN2C(=S)NC(c3ccccn3)C2c2cccn2-c2ccncc2)cc1. The summed E-state index contributed by atoms with van der Waals surface area (Å²) < 4.78 is 2.14. The Morgan fingerprint density at radius 3 is 2.57 bits per heavy atom. The molecular formula is C27H26N6OS. The molecule has 2 N–H and O–H groups in total. The molecule has 1 aliphatic heterocycles. The van der Waals surface area contributed by atoms with Crippen LogP contribution in [-0.4, -0.2) is 37.0 Å². The lowest BCUT2D eigenvalue weighted by Gasteiger charge is -2.28. The molecule has 4 heterocycles. The molecular weight excluding hydrogens is 456 g/mol. The Labute approximate surface area is 209 Å². The summed E-state index contributed by atoms with van der Waals surface area (Å²) in [5.74, 6) is -0.0544. The minimum atomic E-state index is -0.153. The quantitative estimate of drug-likeness (QED) is 0.376. The Morgan fingerprint density at radius 2 is 1.83 bits per heavy atom. The molecule has 0 saturated carbocycles. The van der Waals surface area contributed by atoms with Crippen LogP contribution in [0.15, 0.2) is 91.5 Å². The molecule has 4 aromatic rings. The smallest absolute Gasteiger partial charge is 0.226 e. The number of aryl methyl sites for hydroxylation is 1. The zero-order chi connectivity index (χ0) is 24.2. The molecule has 1 fully saturated rings. The van der Waals surface area contributed by atoms with Gasteiger partial charge in [0.05, 0.1) is 17.8 Å². The standard InChI is InChI=1S/C27H26N6OS/c1-19-7-9-20(10-8-19)30-24(34)13-18-33-26(25(31-27(33)35)22-5-2-3-14-29-22)23-6-4-17-32(23)21-11-15-28-16-12-21/h2-12,14-17,25-26H,13,18H2,1H3,(H,30,34)(H,31,35). The molecule has 35 heavy (non-hydrogen) atoms. The fraction of sp³-hybridized carbons (Fsp3) is 0.185. The van der Waals surface area contributed by atoms with E-state index in [4.69, 9.17) is 12.2 Å². The first-order valence-corrected chi connectivity index (χ1v) is 11.9. The van der Waals surface area contributed by atoms with E-state index in [2.05, 4.69) is 36.1 Å². The summed E-state index contributed by atoms with van der Waals surface area (Å²) in [5.41, 5.74) is 4.90. The summed E-state index contributed by atoms with van der Waals surface area (Å²) in [6, 6.07) is 21.4. The number of nitrogens with one attached hydrogen (secondary N) is 2. The third-order valence-electron chi connectivity index (χ3n) is 6.14. The highest BCUT2D eigenvalue weighted by molar-refractivity contribution is 7.80. The van der Waals surface area contributed by atoms with Gasteiger partial charge in [0.2, 0.25) is 5.91 Å². The second-order valence-corrected chi connectivity index (χ2v) is 8.88. The predicted octanol–water partition coefficient (Wildman–Crippen LogP) is 4.58. The van der Waals surface area contributed by atoms with Crippen molar-refractivity contribution in [2.24, 2.45) is 0 Å². The number of amides is 1. The zero-order valence-electron chi connectivity index (χ0n) is 19.3. The maximum Gasteiger partial charge on any atom is 0.226 e. The van der Waals surface area contributed by atoms with Crippen LogP contribution in [0.3, 0.4) is 0 Å². The van der Waals surface area contributed by atoms with Gasteiger partial charge in [0.25, 0.3) is 0 Å². The number of carbonyl (C=O) groups excluding carboxylic acids is 1. The summed E-state index contributed by atoms with van der Waals surface area (Å²) in [4.78, 5) is 23.6. The van der Waals surface area contributed by atoms with E-state index >= 15 is 0 Å². The van der Waals surface area contributed by atoms with Gasteiger partial charge in [-0.05, 0) is 67.7 Å². The Balaban J connectivity index is 1.42. The molecule has 1 aromatic carbocycles. The molecule has 1 saturated heterocycles. The zero-order valence-corrected chi connectivity index (χ0v) is 20.2. The molecule has 1 aliphatic rings. The summed E-state index contributed by atoms with van der Waals surface area (Å²) in [6.45, 7) is 2.49. The summed E-state index contributed by atoms with van der Waals surface area (Å²) >= 11 is 5.76. The van der Waals surface area contributed by atoms with Crippen molar-refractivity contribution in [2.45, 2.75) is 25.4 Å². The third-order valence-corrected chi connectivity index (χ3v) is 6.49. The first-order valence-electron chi connectivity index (χ1n) is 11.5. The number of hydrogen-bond acceptors (Lipinski definition) is 4. The van der Waals surface area contributed by atoms with E-state index in [0.717, 1.165) is 28.3 Å². The van der Waals surface area contributed by atoms with E-state index in [9.17, 15) is 4.79 Å². The van der Waals surface area contributed by atoms with Crippen LogP contribution in [0.2, 0.25) is 0 Å². The largest absolute Gasteiger partial charge is 0.352 e. The number of rotatable bonds is 7. The van der Waals surface area contributed by atoms with Crippen molar-refractivity contribution in [1.82, 2.24) is 24.8 Å². The van der Waals surface area contributed by atoms with Crippen molar-refractivity contribution in [3.63, 3.8) is 0 Å². The summed E-state index contributed by atoms with van der Waals surface area (Å²) in [7, 11) is 0. The van der Waals surface area contributed by atoms with Crippen LogP contribution in [0.1, 0.15) is 35.5 Å². The van der Waals surface area contributed by atoms with Crippen LogP contribution in [0.4, 0.5) is 5.69 Å². The Hall–Kier alpha value is -4.04. The molecule has 2 atom stereocenters. The molecule has 8 heteroatoms. The van der Waals surface area contributed by atoms with Crippen LogP contribution in [-0.2, 0) is 4.79 Å². The fourth-order valence-corrected chi connectivity index (χ4v) is 4.76. The lowest BCUT2D eigenvalue weighted by molar-refractivity contribution is -0.116. The van der Waals surface area contributed by atoms with E-state index in [0.29, 0.717) is 18.1 Å². The second kappa shape index (κ2) is 10.1. The van der Waals surface area contributed by atoms with Crippen molar-refractivity contribution < 1.29 is 4.79 Å². The van der Waals surface area contributed by atoms with E-state index in [1.165, 1.54) is 0 Å². The number of benzene rings is 1. The van der Waals surface area contributed by atoms with Gasteiger partial charge in [0.1, 0.15) is 0 Å². The Morgan fingerprint density at radius 1 is 1.03 bits per heavy atom. The van der Waals surface area contributed by atoms with Gasteiger partial charge >= 0.3 is 0 Å². The van der Waals surface area contributed by atoms with Crippen molar-refractivity contribution in [3.05, 3.63) is 108 Å². The van der Waals surface area contributed by atoms with E-state index in [-0.39, 0.29) is 18.0 Å². The van der Waals surface area contributed by atoms with Gasteiger partial charge in [0, 0.05) is 54.8 Å². The Kier molecular flexibility index (Phi) is 6.54. The summed E-state index contributed by atoms with van der Waals surface area (Å²) in [5, 5.41) is 7.05. The van der Waals surface area contributed by atoms with Gasteiger partial charge in [0.15, 0.2) is 5.11 Å². The lowest BCUT2D eigenvalue weighted by Crippen LogP contribution is -2.33. The maximum atomic E-state index is 12.8. The van der Waals surface area contributed by atoms with Gasteiger partial charge in [-0.25, -0.2) is 0 Å². The van der Waals surface area contributed by atoms with E-state index < -0.39 is 0 Å². The van der Waals surface area contributed by atoms with E-state index in [1.54, 1.807) is 18.6 Å². The average molecular weight is 483 g/mol. The normalized spacial score (nSPS) is 17.3.